The van der Waals surface area contributed by atoms with Crippen molar-refractivity contribution in [3.05, 3.63) is 17.8 Å². The largest absolute Gasteiger partial charge is 0.480 e. The quantitative estimate of drug-likeness (QED) is 0.787. The first-order valence-corrected chi connectivity index (χ1v) is 5.91. The first kappa shape index (κ1) is 14.9. The number of methoxy groups -OCH3 is 1. The number of carboxylic acids is 1. The van der Waals surface area contributed by atoms with E-state index >= 15 is 0 Å². The zero-order chi connectivity index (χ0) is 14.4. The number of rotatable bonds is 6. The Hall–Kier alpha value is -2.18. The highest BCUT2D eigenvalue weighted by atomic mass is 16.5. The van der Waals surface area contributed by atoms with Crippen LogP contribution in [-0.2, 0) is 4.79 Å². The fourth-order valence-electron chi connectivity index (χ4n) is 1.45. The van der Waals surface area contributed by atoms with Crippen molar-refractivity contribution < 1.29 is 19.4 Å². The van der Waals surface area contributed by atoms with Crippen molar-refractivity contribution in [2.24, 2.45) is 5.92 Å². The third-order valence-electron chi connectivity index (χ3n) is 2.85. The topological polar surface area (TPSA) is 101 Å². The number of nitrogens with zero attached hydrogens (tertiary/aromatic N) is 2. The summed E-state index contributed by atoms with van der Waals surface area (Å²) in [5.74, 6) is -1.52. The molecule has 0 fully saturated rings. The Bertz CT molecular complexity index is 447. The summed E-state index contributed by atoms with van der Waals surface area (Å²) in [6.07, 6.45) is 0.644. The van der Waals surface area contributed by atoms with E-state index in [1.54, 1.807) is 6.92 Å². The predicted octanol–water partition coefficient (Wildman–Crippen LogP) is 0.714. The Morgan fingerprint density at radius 1 is 1.42 bits per heavy atom. The Kier molecular flexibility index (Phi) is 5.23. The summed E-state index contributed by atoms with van der Waals surface area (Å²) in [7, 11) is 1.44. The molecule has 1 aromatic rings. The van der Waals surface area contributed by atoms with E-state index in [2.05, 4.69) is 15.5 Å². The van der Waals surface area contributed by atoms with Gasteiger partial charge in [-0.15, -0.1) is 10.2 Å². The predicted molar refractivity (Wildman–Crippen MR) is 66.9 cm³/mol. The zero-order valence-corrected chi connectivity index (χ0v) is 11.1. The van der Waals surface area contributed by atoms with Crippen LogP contribution in [0.3, 0.4) is 0 Å². The molecule has 0 spiro atoms. The van der Waals surface area contributed by atoms with Crippen LogP contribution in [0, 0.1) is 5.92 Å². The van der Waals surface area contributed by atoms with Crippen LogP contribution in [-0.4, -0.2) is 40.3 Å². The van der Waals surface area contributed by atoms with Crippen LogP contribution in [0.15, 0.2) is 12.1 Å². The highest BCUT2D eigenvalue weighted by Crippen LogP contribution is 2.09. The molecule has 1 rings (SSSR count). The molecule has 2 atom stereocenters. The van der Waals surface area contributed by atoms with E-state index in [-0.39, 0.29) is 17.5 Å². The Balaban J connectivity index is 2.78. The molecule has 0 unspecified atom stereocenters. The van der Waals surface area contributed by atoms with Crippen LogP contribution >= 0.6 is 0 Å². The molecule has 2 N–H and O–H groups in total. The normalized spacial score (nSPS) is 13.4. The van der Waals surface area contributed by atoms with E-state index in [0.29, 0.717) is 6.42 Å². The lowest BCUT2D eigenvalue weighted by atomic mass is 9.99. The molecule has 0 radical (unpaired) electrons. The second-order valence-electron chi connectivity index (χ2n) is 4.14. The van der Waals surface area contributed by atoms with Gasteiger partial charge in [0.05, 0.1) is 7.11 Å². The van der Waals surface area contributed by atoms with Gasteiger partial charge in [-0.1, -0.05) is 20.3 Å². The fourth-order valence-corrected chi connectivity index (χ4v) is 1.45. The molecule has 1 aromatic heterocycles. The van der Waals surface area contributed by atoms with E-state index in [1.165, 1.54) is 19.2 Å². The second-order valence-corrected chi connectivity index (χ2v) is 4.14. The molecule has 0 bridgehead atoms. The molecule has 1 amide bonds. The summed E-state index contributed by atoms with van der Waals surface area (Å²) in [6.45, 7) is 3.62. The van der Waals surface area contributed by atoms with E-state index in [4.69, 9.17) is 9.84 Å². The van der Waals surface area contributed by atoms with Crippen molar-refractivity contribution >= 4 is 11.9 Å². The number of amides is 1. The molecular formula is C12H17N3O4. The standard InChI is InChI=1S/C12H17N3O4/c1-4-7(2)10(12(17)18)13-11(16)8-5-6-9(19-3)15-14-8/h5-7,10H,4H2,1-3H3,(H,13,16)(H,17,18)/t7-,10-/m0/s1. The number of ether oxygens (including phenoxy) is 1. The number of aliphatic carboxylic acids is 1. The van der Waals surface area contributed by atoms with Gasteiger partial charge in [0.1, 0.15) is 6.04 Å². The maximum absolute atomic E-state index is 11.9. The van der Waals surface area contributed by atoms with Gasteiger partial charge < -0.3 is 15.2 Å². The van der Waals surface area contributed by atoms with Crippen LogP contribution in [0.2, 0.25) is 0 Å². The van der Waals surface area contributed by atoms with Crippen LogP contribution in [0.4, 0.5) is 0 Å². The van der Waals surface area contributed by atoms with Gasteiger partial charge in [0.15, 0.2) is 5.69 Å². The van der Waals surface area contributed by atoms with Crippen LogP contribution in [0.25, 0.3) is 0 Å². The smallest absolute Gasteiger partial charge is 0.326 e. The summed E-state index contributed by atoms with van der Waals surface area (Å²) in [6, 6.07) is 1.97. The van der Waals surface area contributed by atoms with Gasteiger partial charge in [-0.3, -0.25) is 4.79 Å². The maximum Gasteiger partial charge on any atom is 0.326 e. The molecule has 0 saturated carbocycles. The van der Waals surface area contributed by atoms with Crippen LogP contribution < -0.4 is 10.1 Å². The van der Waals surface area contributed by atoms with Crippen LogP contribution in [0.1, 0.15) is 30.8 Å². The molecule has 0 aliphatic heterocycles. The number of carbonyl (C=O) groups excluding carboxylic acids is 1. The summed E-state index contributed by atoms with van der Waals surface area (Å²) in [4.78, 5) is 23.0. The highest BCUT2D eigenvalue weighted by Gasteiger charge is 2.26. The van der Waals surface area contributed by atoms with Crippen molar-refractivity contribution in [1.82, 2.24) is 15.5 Å². The number of hydrogen-bond donors (Lipinski definition) is 2. The van der Waals surface area contributed by atoms with Gasteiger partial charge in [0, 0.05) is 6.07 Å². The maximum atomic E-state index is 11.9. The summed E-state index contributed by atoms with van der Waals surface area (Å²) < 4.78 is 4.82. The average Bonchev–Trinajstić information content (AvgIpc) is 2.43. The van der Waals surface area contributed by atoms with Gasteiger partial charge in [0.25, 0.3) is 5.91 Å². The highest BCUT2D eigenvalue weighted by molar-refractivity contribution is 5.94. The first-order valence-electron chi connectivity index (χ1n) is 5.91. The molecule has 0 aliphatic carbocycles. The van der Waals surface area contributed by atoms with Gasteiger partial charge in [0.2, 0.25) is 5.88 Å². The van der Waals surface area contributed by atoms with Crippen molar-refractivity contribution in [3.63, 3.8) is 0 Å². The van der Waals surface area contributed by atoms with Crippen molar-refractivity contribution in [1.29, 1.82) is 0 Å². The van der Waals surface area contributed by atoms with Gasteiger partial charge in [-0.05, 0) is 12.0 Å². The minimum atomic E-state index is -1.07. The summed E-state index contributed by atoms with van der Waals surface area (Å²) in [5.41, 5.74) is 0.0513. The average molecular weight is 267 g/mol. The molecule has 19 heavy (non-hydrogen) atoms. The molecule has 0 aromatic carbocycles. The number of carbonyl (C=O) groups is 2. The van der Waals surface area contributed by atoms with E-state index in [1.807, 2.05) is 6.92 Å². The number of aromatic nitrogens is 2. The minimum Gasteiger partial charge on any atom is -0.480 e. The molecular weight excluding hydrogens is 250 g/mol. The lowest BCUT2D eigenvalue weighted by molar-refractivity contribution is -0.140. The van der Waals surface area contributed by atoms with Gasteiger partial charge in [-0.2, -0.15) is 0 Å². The van der Waals surface area contributed by atoms with Crippen molar-refractivity contribution in [3.8, 4) is 5.88 Å². The van der Waals surface area contributed by atoms with Crippen molar-refractivity contribution in [2.45, 2.75) is 26.3 Å². The Morgan fingerprint density at radius 2 is 2.11 bits per heavy atom. The van der Waals surface area contributed by atoms with Crippen LogP contribution in [0.5, 0.6) is 5.88 Å². The first-order chi connectivity index (χ1) is 8.99. The lowest BCUT2D eigenvalue weighted by Gasteiger charge is -2.19. The third-order valence-corrected chi connectivity index (χ3v) is 2.85. The molecule has 104 valence electrons. The molecule has 1 heterocycles. The molecule has 7 nitrogen and oxygen atoms in total. The monoisotopic (exact) mass is 267 g/mol. The lowest BCUT2D eigenvalue weighted by Crippen LogP contribution is -2.45. The SMILES string of the molecule is CC[C@H](C)[C@H](NC(=O)c1ccc(OC)nn1)C(=O)O. The molecule has 0 saturated heterocycles. The number of hydrogen-bond acceptors (Lipinski definition) is 5. The Labute approximate surface area is 111 Å². The van der Waals surface area contributed by atoms with E-state index < -0.39 is 17.9 Å². The number of carboxylic acid groups (broad SMARTS) is 1. The number of nitrogens with one attached hydrogen (secondary N) is 1. The Morgan fingerprint density at radius 3 is 2.53 bits per heavy atom. The van der Waals surface area contributed by atoms with E-state index in [0.717, 1.165) is 0 Å². The summed E-state index contributed by atoms with van der Waals surface area (Å²) >= 11 is 0. The fraction of sp³-hybridized carbons (Fsp3) is 0.500. The zero-order valence-electron chi connectivity index (χ0n) is 11.1. The third kappa shape index (κ3) is 3.90. The summed E-state index contributed by atoms with van der Waals surface area (Å²) in [5, 5.41) is 18.8. The van der Waals surface area contributed by atoms with Gasteiger partial charge >= 0.3 is 5.97 Å². The molecule has 7 heteroatoms. The second kappa shape index (κ2) is 6.67. The van der Waals surface area contributed by atoms with E-state index in [9.17, 15) is 9.59 Å². The van der Waals surface area contributed by atoms with Gasteiger partial charge in [-0.25, -0.2) is 4.79 Å². The van der Waals surface area contributed by atoms with Crippen molar-refractivity contribution in [2.75, 3.05) is 7.11 Å². The molecule has 0 aliphatic rings. The minimum absolute atomic E-state index is 0.0513.